The standard InChI is InChI=1S/C26H27N3O4/c1-4-15-32-21-13-7-18(8-14-21)23-24(27-19-9-11-20(12-10-19)28(2)3)26(31)29(25(23)30)17-22-6-5-16-33-22/h5-14,16,27H,4,15,17H2,1-3H3. The number of imide groups is 1. The Bertz CT molecular complexity index is 1150. The van der Waals surface area contributed by atoms with Gasteiger partial charge in [0.25, 0.3) is 11.8 Å². The number of carbonyl (C=O) groups is 2. The molecule has 0 fully saturated rings. The Morgan fingerprint density at radius 3 is 2.30 bits per heavy atom. The van der Waals surface area contributed by atoms with Crippen LogP contribution in [0.25, 0.3) is 5.57 Å². The molecule has 1 aliphatic rings. The molecular formula is C26H27N3O4. The van der Waals surface area contributed by atoms with Gasteiger partial charge in [0.2, 0.25) is 0 Å². The highest BCUT2D eigenvalue weighted by atomic mass is 16.5. The fourth-order valence-corrected chi connectivity index (χ4v) is 3.59. The molecule has 7 heteroatoms. The highest BCUT2D eigenvalue weighted by Crippen LogP contribution is 2.32. The minimum Gasteiger partial charge on any atom is -0.494 e. The van der Waals surface area contributed by atoms with Gasteiger partial charge in [0, 0.05) is 25.5 Å². The fraction of sp³-hybridized carbons (Fsp3) is 0.231. The van der Waals surface area contributed by atoms with Crippen LogP contribution in [0.4, 0.5) is 11.4 Å². The second-order valence-corrected chi connectivity index (χ2v) is 7.96. The summed E-state index contributed by atoms with van der Waals surface area (Å²) in [7, 11) is 3.92. The summed E-state index contributed by atoms with van der Waals surface area (Å²) in [6.45, 7) is 2.72. The van der Waals surface area contributed by atoms with Crippen LogP contribution in [0.15, 0.2) is 77.0 Å². The number of furan rings is 1. The zero-order valence-corrected chi connectivity index (χ0v) is 19.0. The van der Waals surface area contributed by atoms with Crippen molar-refractivity contribution in [2.75, 3.05) is 30.9 Å². The fourth-order valence-electron chi connectivity index (χ4n) is 3.59. The predicted octanol–water partition coefficient (Wildman–Crippen LogP) is 4.53. The average molecular weight is 446 g/mol. The molecule has 2 amide bonds. The van der Waals surface area contributed by atoms with E-state index in [9.17, 15) is 9.59 Å². The van der Waals surface area contributed by atoms with Gasteiger partial charge in [-0.15, -0.1) is 0 Å². The first kappa shape index (κ1) is 22.2. The topological polar surface area (TPSA) is 75.0 Å². The summed E-state index contributed by atoms with van der Waals surface area (Å²) in [5.74, 6) is 0.496. The predicted molar refractivity (Wildman–Crippen MR) is 128 cm³/mol. The number of ether oxygens (including phenoxy) is 1. The van der Waals surface area contributed by atoms with E-state index in [0.717, 1.165) is 23.5 Å². The Kier molecular flexibility index (Phi) is 6.49. The van der Waals surface area contributed by atoms with E-state index >= 15 is 0 Å². The largest absolute Gasteiger partial charge is 0.494 e. The first-order chi connectivity index (χ1) is 16.0. The number of hydrogen-bond acceptors (Lipinski definition) is 6. The zero-order chi connectivity index (χ0) is 23.4. The molecule has 0 atom stereocenters. The van der Waals surface area contributed by atoms with E-state index < -0.39 is 5.91 Å². The molecular weight excluding hydrogens is 418 g/mol. The summed E-state index contributed by atoms with van der Waals surface area (Å²) in [6.07, 6.45) is 2.43. The third-order valence-electron chi connectivity index (χ3n) is 5.33. The van der Waals surface area contributed by atoms with Gasteiger partial charge in [0.15, 0.2) is 0 Å². The van der Waals surface area contributed by atoms with E-state index in [2.05, 4.69) is 5.32 Å². The lowest BCUT2D eigenvalue weighted by molar-refractivity contribution is -0.137. The molecule has 3 aromatic rings. The molecule has 0 saturated heterocycles. The van der Waals surface area contributed by atoms with Gasteiger partial charge < -0.3 is 19.4 Å². The first-order valence-electron chi connectivity index (χ1n) is 10.9. The lowest BCUT2D eigenvalue weighted by Gasteiger charge is -2.15. The Morgan fingerprint density at radius 2 is 1.70 bits per heavy atom. The smallest absolute Gasteiger partial charge is 0.278 e. The van der Waals surface area contributed by atoms with E-state index in [1.807, 2.05) is 62.3 Å². The van der Waals surface area contributed by atoms with Crippen LogP contribution in [0.1, 0.15) is 24.7 Å². The highest BCUT2D eigenvalue weighted by molar-refractivity contribution is 6.36. The molecule has 0 spiro atoms. The molecule has 33 heavy (non-hydrogen) atoms. The molecule has 1 N–H and O–H groups in total. The SMILES string of the molecule is CCCOc1ccc(C2=C(Nc3ccc(N(C)C)cc3)C(=O)N(Cc3ccco3)C2=O)cc1. The number of benzene rings is 2. The van der Waals surface area contributed by atoms with Gasteiger partial charge in [0.05, 0.1) is 25.0 Å². The molecule has 0 aliphatic carbocycles. The number of anilines is 2. The van der Waals surface area contributed by atoms with E-state index in [0.29, 0.717) is 23.5 Å². The van der Waals surface area contributed by atoms with E-state index in [1.54, 1.807) is 24.3 Å². The maximum absolute atomic E-state index is 13.4. The van der Waals surface area contributed by atoms with Crippen molar-refractivity contribution in [3.8, 4) is 5.75 Å². The first-order valence-corrected chi connectivity index (χ1v) is 10.9. The lowest BCUT2D eigenvalue weighted by atomic mass is 10.0. The van der Waals surface area contributed by atoms with E-state index in [1.165, 1.54) is 11.2 Å². The summed E-state index contributed by atoms with van der Waals surface area (Å²) in [5, 5.41) is 3.18. The zero-order valence-electron chi connectivity index (χ0n) is 19.0. The summed E-state index contributed by atoms with van der Waals surface area (Å²) >= 11 is 0. The van der Waals surface area contributed by atoms with Crippen LogP contribution in [0, 0.1) is 0 Å². The van der Waals surface area contributed by atoms with Gasteiger partial charge in [0.1, 0.15) is 17.2 Å². The second-order valence-electron chi connectivity index (χ2n) is 7.96. The molecule has 1 aliphatic heterocycles. The molecule has 0 radical (unpaired) electrons. The van der Waals surface area contributed by atoms with Gasteiger partial charge in [-0.2, -0.15) is 0 Å². The van der Waals surface area contributed by atoms with Crippen LogP contribution in [0.5, 0.6) is 5.75 Å². The number of hydrogen-bond donors (Lipinski definition) is 1. The average Bonchev–Trinajstić information content (AvgIpc) is 3.41. The van der Waals surface area contributed by atoms with Crippen LogP contribution in [-0.4, -0.2) is 37.4 Å². The number of rotatable bonds is 9. The van der Waals surface area contributed by atoms with Crippen LogP contribution in [0.3, 0.4) is 0 Å². The number of nitrogens with zero attached hydrogens (tertiary/aromatic N) is 2. The maximum atomic E-state index is 13.4. The Morgan fingerprint density at radius 1 is 0.970 bits per heavy atom. The number of carbonyl (C=O) groups excluding carboxylic acids is 2. The minimum absolute atomic E-state index is 0.0661. The summed E-state index contributed by atoms with van der Waals surface area (Å²) in [5.41, 5.74) is 2.96. The summed E-state index contributed by atoms with van der Waals surface area (Å²) < 4.78 is 11.0. The minimum atomic E-state index is -0.394. The van der Waals surface area contributed by atoms with Crippen LogP contribution >= 0.6 is 0 Å². The van der Waals surface area contributed by atoms with Crippen molar-refractivity contribution < 1.29 is 18.7 Å². The quantitative estimate of drug-likeness (QED) is 0.488. The van der Waals surface area contributed by atoms with Gasteiger partial charge >= 0.3 is 0 Å². The molecule has 0 unspecified atom stereocenters. The second kappa shape index (κ2) is 9.65. The summed E-state index contributed by atoms with van der Waals surface area (Å²) in [4.78, 5) is 29.9. The van der Waals surface area contributed by atoms with Crippen LogP contribution < -0.4 is 15.0 Å². The number of amides is 2. The van der Waals surface area contributed by atoms with Crippen molar-refractivity contribution in [1.29, 1.82) is 0 Å². The van der Waals surface area contributed by atoms with Crippen molar-refractivity contribution in [2.24, 2.45) is 0 Å². The van der Waals surface area contributed by atoms with Gasteiger partial charge in [-0.1, -0.05) is 19.1 Å². The monoisotopic (exact) mass is 445 g/mol. The van der Waals surface area contributed by atoms with E-state index in [-0.39, 0.29) is 18.1 Å². The summed E-state index contributed by atoms with van der Waals surface area (Å²) in [6, 6.07) is 18.4. The van der Waals surface area contributed by atoms with Crippen molar-refractivity contribution in [2.45, 2.75) is 19.9 Å². The molecule has 2 aromatic carbocycles. The molecule has 170 valence electrons. The molecule has 0 saturated carbocycles. The Balaban J connectivity index is 1.68. The van der Waals surface area contributed by atoms with Gasteiger partial charge in [-0.05, 0) is 60.5 Å². The normalized spacial score (nSPS) is 13.6. The highest BCUT2D eigenvalue weighted by Gasteiger charge is 2.39. The molecule has 7 nitrogen and oxygen atoms in total. The van der Waals surface area contributed by atoms with Gasteiger partial charge in [-0.25, -0.2) is 0 Å². The molecule has 1 aromatic heterocycles. The third-order valence-corrected chi connectivity index (χ3v) is 5.33. The lowest BCUT2D eigenvalue weighted by Crippen LogP contribution is -2.31. The Hall–Kier alpha value is -4.00. The molecule has 0 bridgehead atoms. The van der Waals surface area contributed by atoms with Crippen molar-refractivity contribution in [3.05, 3.63) is 83.9 Å². The van der Waals surface area contributed by atoms with E-state index in [4.69, 9.17) is 9.15 Å². The Labute approximate surface area is 193 Å². The van der Waals surface area contributed by atoms with Crippen molar-refractivity contribution in [3.63, 3.8) is 0 Å². The maximum Gasteiger partial charge on any atom is 0.278 e. The molecule has 2 heterocycles. The van der Waals surface area contributed by atoms with Crippen LogP contribution in [0.2, 0.25) is 0 Å². The van der Waals surface area contributed by atoms with Crippen molar-refractivity contribution >= 4 is 28.8 Å². The van der Waals surface area contributed by atoms with Gasteiger partial charge in [-0.3, -0.25) is 14.5 Å². The number of nitrogens with one attached hydrogen (secondary N) is 1. The molecule has 4 rings (SSSR count). The van der Waals surface area contributed by atoms with Crippen molar-refractivity contribution in [1.82, 2.24) is 4.90 Å². The third kappa shape index (κ3) is 4.77. The van der Waals surface area contributed by atoms with Crippen LogP contribution in [-0.2, 0) is 16.1 Å².